The Morgan fingerprint density at radius 3 is 2.85 bits per heavy atom. The van der Waals surface area contributed by atoms with Crippen LogP contribution in [0.2, 0.25) is 0 Å². The lowest BCUT2D eigenvalue weighted by Crippen LogP contribution is -1.96. The Kier molecular flexibility index (Phi) is 4.77. The van der Waals surface area contributed by atoms with E-state index in [9.17, 15) is 4.79 Å². The number of thiazole rings is 1. The number of anilines is 2. The van der Waals surface area contributed by atoms with Crippen LogP contribution < -0.4 is 5.32 Å². The molecule has 0 aliphatic heterocycles. The standard InChI is InChI=1S/C14H15BrN2O2S/c1-8-3-4-11(10(15)7-8)17-14-16-9(2)12(20-14)5-6-13(18)19/h3-4,7H,5-6H2,1-2H3,(H,16,17)(H,18,19). The average Bonchev–Trinajstić information content (AvgIpc) is 2.71. The first kappa shape index (κ1) is 15.0. The summed E-state index contributed by atoms with van der Waals surface area (Å²) in [7, 11) is 0. The Morgan fingerprint density at radius 2 is 2.20 bits per heavy atom. The van der Waals surface area contributed by atoms with Crippen molar-refractivity contribution >= 4 is 44.1 Å². The van der Waals surface area contributed by atoms with E-state index in [-0.39, 0.29) is 6.42 Å². The number of aryl methyl sites for hydroxylation is 3. The van der Waals surface area contributed by atoms with Crippen molar-refractivity contribution in [3.05, 3.63) is 38.8 Å². The summed E-state index contributed by atoms with van der Waals surface area (Å²) in [6.45, 7) is 3.94. The van der Waals surface area contributed by atoms with E-state index in [0.29, 0.717) is 6.42 Å². The number of benzene rings is 1. The minimum Gasteiger partial charge on any atom is -0.481 e. The topological polar surface area (TPSA) is 62.2 Å². The monoisotopic (exact) mass is 354 g/mol. The summed E-state index contributed by atoms with van der Waals surface area (Å²) in [5.74, 6) is -0.784. The Labute approximate surface area is 130 Å². The first-order valence-corrected chi connectivity index (χ1v) is 7.78. The van der Waals surface area contributed by atoms with Crippen molar-refractivity contribution in [1.82, 2.24) is 4.98 Å². The first-order chi connectivity index (χ1) is 9.45. The average molecular weight is 355 g/mol. The van der Waals surface area contributed by atoms with Gasteiger partial charge in [0.25, 0.3) is 0 Å². The molecule has 1 heterocycles. The third-order valence-corrected chi connectivity index (χ3v) is 4.61. The van der Waals surface area contributed by atoms with Crippen LogP contribution in [0, 0.1) is 13.8 Å². The van der Waals surface area contributed by atoms with Crippen molar-refractivity contribution in [2.24, 2.45) is 0 Å². The molecule has 2 N–H and O–H groups in total. The predicted molar refractivity (Wildman–Crippen MR) is 85.0 cm³/mol. The van der Waals surface area contributed by atoms with Gasteiger partial charge in [-0.3, -0.25) is 4.79 Å². The van der Waals surface area contributed by atoms with Crippen LogP contribution in [0.5, 0.6) is 0 Å². The molecule has 2 rings (SSSR count). The minimum atomic E-state index is -0.784. The molecule has 20 heavy (non-hydrogen) atoms. The van der Waals surface area contributed by atoms with Crippen molar-refractivity contribution in [2.75, 3.05) is 5.32 Å². The Balaban J connectivity index is 2.13. The van der Waals surface area contributed by atoms with Crippen molar-refractivity contribution in [3.8, 4) is 0 Å². The SMILES string of the molecule is Cc1ccc(Nc2nc(C)c(CCC(=O)O)s2)c(Br)c1. The second kappa shape index (κ2) is 6.37. The quantitative estimate of drug-likeness (QED) is 0.840. The number of nitrogens with one attached hydrogen (secondary N) is 1. The molecule has 4 nitrogen and oxygen atoms in total. The molecule has 1 aromatic heterocycles. The van der Waals surface area contributed by atoms with E-state index in [4.69, 9.17) is 5.11 Å². The van der Waals surface area contributed by atoms with Crippen LogP contribution in [0.3, 0.4) is 0 Å². The summed E-state index contributed by atoms with van der Waals surface area (Å²) in [5, 5.41) is 12.8. The normalized spacial score (nSPS) is 10.6. The maximum Gasteiger partial charge on any atom is 0.303 e. The number of rotatable bonds is 5. The molecule has 0 saturated heterocycles. The van der Waals surface area contributed by atoms with Gasteiger partial charge in [0, 0.05) is 9.35 Å². The van der Waals surface area contributed by atoms with Crippen molar-refractivity contribution in [2.45, 2.75) is 26.7 Å². The summed E-state index contributed by atoms with van der Waals surface area (Å²) >= 11 is 5.02. The van der Waals surface area contributed by atoms with Gasteiger partial charge in [0.15, 0.2) is 5.13 Å². The van der Waals surface area contributed by atoms with Gasteiger partial charge in [-0.05, 0) is 53.9 Å². The summed E-state index contributed by atoms with van der Waals surface area (Å²) in [4.78, 5) is 16.1. The van der Waals surface area contributed by atoms with Crippen LogP contribution in [-0.2, 0) is 11.2 Å². The van der Waals surface area contributed by atoms with Crippen LogP contribution in [0.4, 0.5) is 10.8 Å². The summed E-state index contributed by atoms with van der Waals surface area (Å²) in [5.41, 5.74) is 3.02. The summed E-state index contributed by atoms with van der Waals surface area (Å²) in [6.07, 6.45) is 0.659. The molecular weight excluding hydrogens is 340 g/mol. The molecule has 0 radical (unpaired) electrons. The van der Waals surface area contributed by atoms with E-state index in [2.05, 4.69) is 26.2 Å². The van der Waals surface area contributed by atoms with Crippen LogP contribution in [0.1, 0.15) is 22.6 Å². The first-order valence-electron chi connectivity index (χ1n) is 6.17. The van der Waals surface area contributed by atoms with Crippen LogP contribution in [0.15, 0.2) is 22.7 Å². The lowest BCUT2D eigenvalue weighted by molar-refractivity contribution is -0.136. The van der Waals surface area contributed by atoms with Gasteiger partial charge < -0.3 is 10.4 Å². The van der Waals surface area contributed by atoms with Crippen molar-refractivity contribution < 1.29 is 9.90 Å². The molecule has 106 valence electrons. The largest absolute Gasteiger partial charge is 0.481 e. The Bertz CT molecular complexity index is 640. The van der Waals surface area contributed by atoms with Crippen LogP contribution in [-0.4, -0.2) is 16.1 Å². The maximum atomic E-state index is 10.6. The van der Waals surface area contributed by atoms with E-state index >= 15 is 0 Å². The number of aromatic nitrogens is 1. The van der Waals surface area contributed by atoms with Gasteiger partial charge >= 0.3 is 5.97 Å². The molecule has 0 fully saturated rings. The Morgan fingerprint density at radius 1 is 1.45 bits per heavy atom. The van der Waals surface area contributed by atoms with Gasteiger partial charge in [-0.15, -0.1) is 11.3 Å². The fourth-order valence-corrected chi connectivity index (χ4v) is 3.34. The van der Waals surface area contributed by atoms with Crippen LogP contribution >= 0.6 is 27.3 Å². The molecule has 0 unspecified atom stereocenters. The number of aliphatic carboxylic acids is 1. The zero-order valence-corrected chi connectivity index (χ0v) is 13.6. The number of carboxylic acid groups (broad SMARTS) is 1. The molecule has 0 atom stereocenters. The molecule has 0 aliphatic carbocycles. The van der Waals surface area contributed by atoms with Crippen molar-refractivity contribution in [3.63, 3.8) is 0 Å². The van der Waals surface area contributed by atoms with Crippen molar-refractivity contribution in [1.29, 1.82) is 0 Å². The lowest BCUT2D eigenvalue weighted by atomic mass is 10.2. The number of carboxylic acids is 1. The number of hydrogen-bond donors (Lipinski definition) is 2. The predicted octanol–water partition coefficient (Wildman–Crippen LogP) is 4.28. The highest BCUT2D eigenvalue weighted by molar-refractivity contribution is 9.10. The van der Waals surface area contributed by atoms with Gasteiger partial charge in [0.2, 0.25) is 0 Å². The minimum absolute atomic E-state index is 0.136. The molecule has 0 bridgehead atoms. The molecule has 1 aromatic carbocycles. The number of hydrogen-bond acceptors (Lipinski definition) is 4. The second-order valence-corrected chi connectivity index (χ2v) is 6.47. The Hall–Kier alpha value is -1.40. The molecule has 6 heteroatoms. The zero-order chi connectivity index (χ0) is 14.7. The van der Waals surface area contributed by atoms with E-state index < -0.39 is 5.97 Å². The van der Waals surface area contributed by atoms with Gasteiger partial charge in [-0.1, -0.05) is 6.07 Å². The zero-order valence-electron chi connectivity index (χ0n) is 11.2. The van der Waals surface area contributed by atoms with Gasteiger partial charge in [-0.2, -0.15) is 0 Å². The number of nitrogens with zero attached hydrogens (tertiary/aromatic N) is 1. The number of carbonyl (C=O) groups is 1. The van der Waals surface area contributed by atoms with E-state index in [1.165, 1.54) is 16.9 Å². The highest BCUT2D eigenvalue weighted by Crippen LogP contribution is 2.30. The van der Waals surface area contributed by atoms with E-state index in [1.807, 2.05) is 32.0 Å². The van der Waals surface area contributed by atoms with E-state index in [0.717, 1.165) is 25.9 Å². The number of halogens is 1. The molecule has 0 saturated carbocycles. The molecule has 0 spiro atoms. The third kappa shape index (κ3) is 3.80. The van der Waals surface area contributed by atoms with E-state index in [1.54, 1.807) is 0 Å². The smallest absolute Gasteiger partial charge is 0.303 e. The second-order valence-electron chi connectivity index (χ2n) is 4.53. The lowest BCUT2D eigenvalue weighted by Gasteiger charge is -2.05. The van der Waals surface area contributed by atoms with Crippen LogP contribution in [0.25, 0.3) is 0 Å². The van der Waals surface area contributed by atoms with Gasteiger partial charge in [0.05, 0.1) is 17.8 Å². The summed E-state index contributed by atoms with van der Waals surface area (Å²) < 4.78 is 0.984. The molecular formula is C14H15BrN2O2S. The highest BCUT2D eigenvalue weighted by atomic mass is 79.9. The fourth-order valence-electron chi connectivity index (χ4n) is 1.77. The molecule has 2 aromatic rings. The van der Waals surface area contributed by atoms with Gasteiger partial charge in [-0.25, -0.2) is 4.98 Å². The molecule has 0 amide bonds. The highest BCUT2D eigenvalue weighted by Gasteiger charge is 2.10. The summed E-state index contributed by atoms with van der Waals surface area (Å²) in [6, 6.07) is 6.06. The fraction of sp³-hybridized carbons (Fsp3) is 0.286. The molecule has 0 aliphatic rings. The third-order valence-electron chi connectivity index (χ3n) is 2.82. The maximum absolute atomic E-state index is 10.6. The van der Waals surface area contributed by atoms with Gasteiger partial charge in [0.1, 0.15) is 0 Å².